The lowest BCUT2D eigenvalue weighted by atomic mass is 10.0. The maximum atomic E-state index is 12.4. The summed E-state index contributed by atoms with van der Waals surface area (Å²) in [6.07, 6.45) is 9.74. The van der Waals surface area contributed by atoms with Gasteiger partial charge in [0.25, 0.3) is 5.91 Å². The van der Waals surface area contributed by atoms with E-state index in [0.717, 1.165) is 64.1 Å². The van der Waals surface area contributed by atoms with Crippen LogP contribution in [-0.2, 0) is 0 Å². The predicted molar refractivity (Wildman–Crippen MR) is 143 cm³/mol. The van der Waals surface area contributed by atoms with Crippen molar-refractivity contribution in [3.63, 3.8) is 0 Å². The molecule has 7 nitrogen and oxygen atoms in total. The van der Waals surface area contributed by atoms with Crippen LogP contribution in [0.15, 0.2) is 73.3 Å². The van der Waals surface area contributed by atoms with Crippen LogP contribution in [0.3, 0.4) is 0 Å². The number of imidazole rings is 1. The summed E-state index contributed by atoms with van der Waals surface area (Å²) in [5.74, 6) is 1.20. The van der Waals surface area contributed by atoms with Gasteiger partial charge in [-0.2, -0.15) is 0 Å². The lowest BCUT2D eigenvalue weighted by Gasteiger charge is -2.14. The van der Waals surface area contributed by atoms with E-state index in [2.05, 4.69) is 46.0 Å². The average molecular weight is 477 g/mol. The molecule has 2 aromatic carbocycles. The molecule has 36 heavy (non-hydrogen) atoms. The predicted octanol–water partition coefficient (Wildman–Crippen LogP) is 5.57. The van der Waals surface area contributed by atoms with Crippen LogP contribution in [0, 0.1) is 5.92 Å². The van der Waals surface area contributed by atoms with Gasteiger partial charge in [-0.1, -0.05) is 44.2 Å². The number of anilines is 1. The Balaban J connectivity index is 1.45. The van der Waals surface area contributed by atoms with Gasteiger partial charge in [-0.3, -0.25) is 14.2 Å². The minimum atomic E-state index is -0.0145. The van der Waals surface area contributed by atoms with Gasteiger partial charge in [0.15, 0.2) is 11.5 Å². The second kappa shape index (κ2) is 9.07. The molecule has 0 radical (unpaired) electrons. The number of nitrogens with one attached hydrogen (secondary N) is 2. The first kappa shape index (κ1) is 22.2. The topological polar surface area (TPSA) is 84.2 Å². The van der Waals surface area contributed by atoms with E-state index in [9.17, 15) is 4.79 Å². The maximum Gasteiger partial charge on any atom is 0.251 e. The molecule has 0 saturated heterocycles. The monoisotopic (exact) mass is 476 g/mol. The van der Waals surface area contributed by atoms with Crippen LogP contribution in [0.25, 0.3) is 38.9 Å². The summed E-state index contributed by atoms with van der Waals surface area (Å²) < 4.78 is 2.09. The molecule has 6 rings (SSSR count). The van der Waals surface area contributed by atoms with E-state index < -0.39 is 0 Å². The zero-order chi connectivity index (χ0) is 24.6. The molecule has 1 saturated carbocycles. The van der Waals surface area contributed by atoms with Crippen LogP contribution in [-0.4, -0.2) is 37.8 Å². The fourth-order valence-corrected chi connectivity index (χ4v) is 4.39. The maximum absolute atomic E-state index is 12.4. The summed E-state index contributed by atoms with van der Waals surface area (Å²) in [6.45, 7) is 5.13. The molecule has 180 valence electrons. The Labute approximate surface area is 209 Å². The van der Waals surface area contributed by atoms with Gasteiger partial charge >= 0.3 is 0 Å². The Bertz CT molecular complexity index is 1560. The van der Waals surface area contributed by atoms with Crippen molar-refractivity contribution in [1.29, 1.82) is 0 Å². The van der Waals surface area contributed by atoms with Crippen LogP contribution in [0.1, 0.15) is 37.0 Å². The average Bonchev–Trinajstić information content (AvgIpc) is 3.61. The van der Waals surface area contributed by atoms with Crippen molar-refractivity contribution >= 4 is 28.1 Å². The number of carbonyl (C=O) groups is 1. The van der Waals surface area contributed by atoms with Crippen molar-refractivity contribution in [2.24, 2.45) is 5.92 Å². The van der Waals surface area contributed by atoms with Crippen LogP contribution in [0.2, 0.25) is 0 Å². The number of hydrogen-bond donors (Lipinski definition) is 2. The van der Waals surface area contributed by atoms with E-state index in [0.29, 0.717) is 17.5 Å². The Kier molecular flexibility index (Phi) is 5.60. The van der Waals surface area contributed by atoms with Crippen molar-refractivity contribution in [3.8, 4) is 22.5 Å². The molecule has 0 atom stereocenters. The highest BCUT2D eigenvalue weighted by Gasteiger charge is 2.24. The van der Waals surface area contributed by atoms with Crippen molar-refractivity contribution < 1.29 is 4.79 Å². The molecule has 2 N–H and O–H groups in total. The molecule has 7 heteroatoms. The van der Waals surface area contributed by atoms with Gasteiger partial charge in [0.05, 0.1) is 17.6 Å². The molecule has 3 heterocycles. The van der Waals surface area contributed by atoms with Crippen molar-refractivity contribution in [1.82, 2.24) is 24.7 Å². The third kappa shape index (κ3) is 4.28. The summed E-state index contributed by atoms with van der Waals surface area (Å²) in [5.41, 5.74) is 5.26. The second-order valence-corrected chi connectivity index (χ2v) is 9.81. The Hall–Kier alpha value is -4.26. The van der Waals surface area contributed by atoms with Gasteiger partial charge in [0.1, 0.15) is 0 Å². The molecular formula is C29H28N6O. The Morgan fingerprint density at radius 3 is 2.69 bits per heavy atom. The van der Waals surface area contributed by atoms with E-state index in [-0.39, 0.29) is 5.91 Å². The highest BCUT2D eigenvalue weighted by atomic mass is 16.1. The van der Waals surface area contributed by atoms with E-state index in [1.54, 1.807) is 0 Å². The zero-order valence-corrected chi connectivity index (χ0v) is 20.4. The Morgan fingerprint density at radius 1 is 1.08 bits per heavy atom. The zero-order valence-electron chi connectivity index (χ0n) is 20.4. The Morgan fingerprint density at radius 2 is 1.92 bits per heavy atom. The number of nitrogens with zero attached hydrogens (tertiary/aromatic N) is 4. The number of pyridine rings is 1. The minimum Gasteiger partial charge on any atom is -0.367 e. The molecule has 1 aliphatic rings. The second-order valence-electron chi connectivity index (χ2n) is 9.81. The van der Waals surface area contributed by atoms with E-state index in [1.807, 2.05) is 61.2 Å². The first-order valence-corrected chi connectivity index (χ1v) is 12.4. The fraction of sp³-hybridized carbons (Fsp3) is 0.241. The minimum absolute atomic E-state index is 0.0145. The lowest BCUT2D eigenvalue weighted by molar-refractivity contribution is 0.0951. The van der Waals surface area contributed by atoms with Crippen LogP contribution < -0.4 is 10.6 Å². The van der Waals surface area contributed by atoms with Crippen molar-refractivity contribution in [3.05, 3.63) is 78.9 Å². The smallest absolute Gasteiger partial charge is 0.251 e. The summed E-state index contributed by atoms with van der Waals surface area (Å²) in [5, 5.41) is 8.71. The molecule has 1 aliphatic carbocycles. The van der Waals surface area contributed by atoms with Gasteiger partial charge in [-0.15, -0.1) is 0 Å². The SMILES string of the molecule is CC(C)CNc1nc(-c2cccc3cnccc23)cn2c(-c3ccc(C(=O)NC4CC4)cc3)cnc12. The van der Waals surface area contributed by atoms with Gasteiger partial charge in [-0.05, 0) is 42.3 Å². The quantitative estimate of drug-likeness (QED) is 0.321. The number of benzene rings is 2. The summed E-state index contributed by atoms with van der Waals surface area (Å²) in [6, 6.07) is 16.3. The molecule has 1 fully saturated rings. The lowest BCUT2D eigenvalue weighted by Crippen LogP contribution is -2.25. The molecule has 0 unspecified atom stereocenters. The number of fused-ring (bicyclic) bond motifs is 2. The largest absolute Gasteiger partial charge is 0.367 e. The van der Waals surface area contributed by atoms with Crippen molar-refractivity contribution in [2.45, 2.75) is 32.7 Å². The highest BCUT2D eigenvalue weighted by Crippen LogP contribution is 2.31. The third-order valence-corrected chi connectivity index (χ3v) is 6.48. The summed E-state index contributed by atoms with van der Waals surface area (Å²) >= 11 is 0. The molecule has 1 amide bonds. The van der Waals surface area contributed by atoms with Crippen LogP contribution >= 0.6 is 0 Å². The van der Waals surface area contributed by atoms with E-state index >= 15 is 0 Å². The standard InChI is InChI=1S/C29H28N6O/c1-18(2)14-31-27-28-32-16-26(19-6-8-20(9-7-19)29(36)33-22-10-11-22)35(28)17-25(34-27)24-5-3-4-21-15-30-13-12-23(21)24/h3-9,12-13,15-18,22H,10-11,14H2,1-2H3,(H,31,34)(H,33,36). The summed E-state index contributed by atoms with van der Waals surface area (Å²) in [4.78, 5) is 26.4. The molecule has 5 aromatic rings. The summed E-state index contributed by atoms with van der Waals surface area (Å²) in [7, 11) is 0. The first-order valence-electron chi connectivity index (χ1n) is 12.4. The molecule has 0 spiro atoms. The molecule has 0 aliphatic heterocycles. The van der Waals surface area contributed by atoms with Crippen LogP contribution in [0.4, 0.5) is 5.82 Å². The van der Waals surface area contributed by atoms with Gasteiger partial charge in [-0.25, -0.2) is 9.97 Å². The van der Waals surface area contributed by atoms with E-state index in [4.69, 9.17) is 9.97 Å². The van der Waals surface area contributed by atoms with E-state index in [1.165, 1.54) is 0 Å². The number of rotatable bonds is 7. The van der Waals surface area contributed by atoms with Crippen molar-refractivity contribution in [2.75, 3.05) is 11.9 Å². The number of amides is 1. The number of aromatic nitrogens is 4. The first-order chi connectivity index (χ1) is 17.6. The van der Waals surface area contributed by atoms with Gasteiger partial charge in [0, 0.05) is 53.3 Å². The number of hydrogen-bond acceptors (Lipinski definition) is 5. The van der Waals surface area contributed by atoms with Gasteiger partial charge in [0.2, 0.25) is 0 Å². The normalized spacial score (nSPS) is 13.4. The molecule has 0 bridgehead atoms. The molecular weight excluding hydrogens is 448 g/mol. The number of carbonyl (C=O) groups excluding carboxylic acids is 1. The van der Waals surface area contributed by atoms with Crippen LogP contribution in [0.5, 0.6) is 0 Å². The molecule has 3 aromatic heterocycles. The fourth-order valence-electron chi connectivity index (χ4n) is 4.39. The van der Waals surface area contributed by atoms with Gasteiger partial charge < -0.3 is 10.6 Å². The highest BCUT2D eigenvalue weighted by molar-refractivity contribution is 5.96. The third-order valence-electron chi connectivity index (χ3n) is 6.48.